The zero-order valence-corrected chi connectivity index (χ0v) is 14.5. The molecule has 4 nitrogen and oxygen atoms in total. The van der Waals surface area contributed by atoms with Crippen molar-refractivity contribution < 1.29 is 9.18 Å². The Balaban J connectivity index is 2.07. The average molecular weight is 335 g/mol. The van der Waals surface area contributed by atoms with Gasteiger partial charge in [0.2, 0.25) is 0 Å². The number of thiazole rings is 1. The Morgan fingerprint density at radius 1 is 1.39 bits per heavy atom. The average Bonchev–Trinajstić information content (AvgIpc) is 2.97. The molecule has 1 heterocycles. The molecule has 0 fully saturated rings. The van der Waals surface area contributed by atoms with Gasteiger partial charge in [0.05, 0.1) is 5.01 Å². The van der Waals surface area contributed by atoms with Gasteiger partial charge in [-0.2, -0.15) is 0 Å². The monoisotopic (exact) mass is 335 g/mol. The van der Waals surface area contributed by atoms with Gasteiger partial charge in [-0.15, -0.1) is 11.3 Å². The molecule has 0 aliphatic rings. The minimum Gasteiger partial charge on any atom is -0.340 e. The Morgan fingerprint density at radius 2 is 2.09 bits per heavy atom. The third kappa shape index (κ3) is 4.59. The van der Waals surface area contributed by atoms with Crippen LogP contribution >= 0.6 is 11.3 Å². The summed E-state index contributed by atoms with van der Waals surface area (Å²) in [7, 11) is 1.75. The first-order chi connectivity index (χ1) is 10.8. The van der Waals surface area contributed by atoms with Crippen molar-refractivity contribution >= 4 is 17.2 Å². The van der Waals surface area contributed by atoms with E-state index in [2.05, 4.69) is 4.98 Å². The number of rotatable bonds is 6. The summed E-state index contributed by atoms with van der Waals surface area (Å²) in [4.78, 5) is 18.4. The van der Waals surface area contributed by atoms with Crippen molar-refractivity contribution in [3.63, 3.8) is 0 Å². The summed E-state index contributed by atoms with van der Waals surface area (Å²) in [6, 6.07) is 6.61. The molecule has 1 aromatic carbocycles. The minimum atomic E-state index is -0.252. The molecule has 0 saturated heterocycles. The van der Waals surface area contributed by atoms with Gasteiger partial charge in [-0.25, -0.2) is 9.37 Å². The van der Waals surface area contributed by atoms with E-state index in [1.54, 1.807) is 35.5 Å². The first-order valence-electron chi connectivity index (χ1n) is 7.46. The Bertz CT molecular complexity index is 684. The molecule has 1 aromatic heterocycles. The van der Waals surface area contributed by atoms with Crippen molar-refractivity contribution in [2.45, 2.75) is 20.3 Å². The minimum absolute atomic E-state index is 0.137. The highest BCUT2D eigenvalue weighted by atomic mass is 32.1. The number of halogens is 1. The molecule has 124 valence electrons. The van der Waals surface area contributed by atoms with E-state index in [0.717, 1.165) is 5.01 Å². The van der Waals surface area contributed by atoms with Crippen molar-refractivity contribution in [2.75, 3.05) is 20.1 Å². The summed E-state index contributed by atoms with van der Waals surface area (Å²) in [6.45, 7) is 5.09. The summed E-state index contributed by atoms with van der Waals surface area (Å²) in [5, 5.41) is 2.45. The van der Waals surface area contributed by atoms with Crippen molar-refractivity contribution in [1.29, 1.82) is 0 Å². The van der Waals surface area contributed by atoms with Crippen LogP contribution in [0.1, 0.15) is 34.9 Å². The van der Waals surface area contributed by atoms with E-state index in [9.17, 15) is 9.18 Å². The van der Waals surface area contributed by atoms with E-state index in [4.69, 9.17) is 5.73 Å². The maximum Gasteiger partial charge on any atom is 0.273 e. The van der Waals surface area contributed by atoms with Gasteiger partial charge >= 0.3 is 0 Å². The highest BCUT2D eigenvalue weighted by Crippen LogP contribution is 2.19. The van der Waals surface area contributed by atoms with E-state index in [-0.39, 0.29) is 17.1 Å². The number of benzene rings is 1. The van der Waals surface area contributed by atoms with E-state index >= 15 is 0 Å². The van der Waals surface area contributed by atoms with Crippen LogP contribution in [0.4, 0.5) is 4.39 Å². The van der Waals surface area contributed by atoms with Crippen molar-refractivity contribution in [1.82, 2.24) is 9.88 Å². The zero-order chi connectivity index (χ0) is 17.0. The third-order valence-electron chi connectivity index (χ3n) is 3.63. The van der Waals surface area contributed by atoms with E-state index in [0.29, 0.717) is 30.8 Å². The summed E-state index contributed by atoms with van der Waals surface area (Å²) in [6.07, 6.45) is 0.391. The number of nitrogens with two attached hydrogens (primary N) is 1. The summed E-state index contributed by atoms with van der Waals surface area (Å²) in [5.41, 5.74) is 6.55. The number of hydrogen-bond donors (Lipinski definition) is 1. The Kier molecular flexibility index (Phi) is 5.49. The van der Waals surface area contributed by atoms with Crippen LogP contribution in [0, 0.1) is 11.2 Å². The van der Waals surface area contributed by atoms with E-state index in [1.165, 1.54) is 17.4 Å². The SMILES string of the molecule is CN(CC(C)(C)CN)C(=O)c1csc(Cc2ccccc2F)n1. The second-order valence-corrected chi connectivity index (χ2v) is 7.37. The summed E-state index contributed by atoms with van der Waals surface area (Å²) >= 11 is 1.37. The second-order valence-electron chi connectivity index (χ2n) is 6.42. The molecule has 0 aliphatic carbocycles. The molecule has 23 heavy (non-hydrogen) atoms. The van der Waals surface area contributed by atoms with Crippen molar-refractivity contribution in [3.8, 4) is 0 Å². The van der Waals surface area contributed by atoms with Gasteiger partial charge in [0, 0.05) is 25.4 Å². The topological polar surface area (TPSA) is 59.2 Å². The summed E-state index contributed by atoms with van der Waals surface area (Å²) in [5.74, 6) is -0.389. The molecule has 6 heteroatoms. The predicted molar refractivity (Wildman–Crippen MR) is 91.1 cm³/mol. The van der Waals surface area contributed by atoms with Gasteiger partial charge in [0.15, 0.2) is 0 Å². The highest BCUT2D eigenvalue weighted by molar-refractivity contribution is 7.09. The molecule has 1 amide bonds. The number of aromatic nitrogens is 1. The Morgan fingerprint density at radius 3 is 2.74 bits per heavy atom. The quantitative estimate of drug-likeness (QED) is 0.883. The fourth-order valence-corrected chi connectivity index (χ4v) is 3.06. The van der Waals surface area contributed by atoms with Gasteiger partial charge in [-0.05, 0) is 23.6 Å². The van der Waals surface area contributed by atoms with Crippen LogP contribution < -0.4 is 5.73 Å². The lowest BCUT2D eigenvalue weighted by Crippen LogP contribution is -2.39. The van der Waals surface area contributed by atoms with Gasteiger partial charge in [0.25, 0.3) is 5.91 Å². The number of nitrogens with zero attached hydrogens (tertiary/aromatic N) is 2. The molecular weight excluding hydrogens is 313 g/mol. The molecule has 0 bridgehead atoms. The molecule has 0 aliphatic heterocycles. The van der Waals surface area contributed by atoms with Gasteiger partial charge in [0.1, 0.15) is 11.5 Å². The van der Waals surface area contributed by atoms with Crippen LogP contribution in [-0.4, -0.2) is 35.9 Å². The number of carbonyl (C=O) groups is 1. The van der Waals surface area contributed by atoms with Crippen LogP contribution in [0.2, 0.25) is 0 Å². The maximum atomic E-state index is 13.7. The van der Waals surface area contributed by atoms with Gasteiger partial charge in [-0.1, -0.05) is 32.0 Å². The highest BCUT2D eigenvalue weighted by Gasteiger charge is 2.23. The number of hydrogen-bond acceptors (Lipinski definition) is 4. The Labute approximate surface area is 140 Å². The third-order valence-corrected chi connectivity index (χ3v) is 4.48. The predicted octanol–water partition coefficient (Wildman–Crippen LogP) is 2.93. The maximum absolute atomic E-state index is 13.7. The lowest BCUT2D eigenvalue weighted by molar-refractivity contribution is 0.0735. The molecule has 0 unspecified atom stereocenters. The van der Waals surface area contributed by atoms with Crippen LogP contribution in [0.3, 0.4) is 0 Å². The molecular formula is C17H22FN3OS. The van der Waals surface area contributed by atoms with Crippen LogP contribution in [0.25, 0.3) is 0 Å². The van der Waals surface area contributed by atoms with Crippen molar-refractivity contribution in [3.05, 3.63) is 51.7 Å². The molecule has 2 aromatic rings. The fourth-order valence-electron chi connectivity index (χ4n) is 2.27. The molecule has 0 atom stereocenters. The van der Waals surface area contributed by atoms with Crippen LogP contribution in [-0.2, 0) is 6.42 Å². The standard InChI is InChI=1S/C17H22FN3OS/c1-17(2,10-19)11-21(3)16(22)14-9-23-15(20-14)8-12-6-4-5-7-13(12)18/h4-7,9H,8,10-11,19H2,1-3H3. The largest absolute Gasteiger partial charge is 0.340 e. The Hall–Kier alpha value is -1.79. The molecule has 2 N–H and O–H groups in total. The number of carbonyl (C=O) groups excluding carboxylic acids is 1. The molecule has 2 rings (SSSR count). The van der Waals surface area contributed by atoms with E-state index in [1.807, 2.05) is 13.8 Å². The molecule has 0 saturated carbocycles. The molecule has 0 spiro atoms. The lowest BCUT2D eigenvalue weighted by Gasteiger charge is -2.28. The first-order valence-corrected chi connectivity index (χ1v) is 8.34. The van der Waals surface area contributed by atoms with E-state index < -0.39 is 0 Å². The van der Waals surface area contributed by atoms with Gasteiger partial charge < -0.3 is 10.6 Å². The van der Waals surface area contributed by atoms with Crippen LogP contribution in [0.5, 0.6) is 0 Å². The smallest absolute Gasteiger partial charge is 0.273 e. The lowest BCUT2D eigenvalue weighted by atomic mass is 9.93. The normalized spacial score (nSPS) is 11.5. The number of amides is 1. The van der Waals surface area contributed by atoms with Crippen molar-refractivity contribution in [2.24, 2.45) is 11.1 Å². The van der Waals surface area contributed by atoms with Crippen LogP contribution in [0.15, 0.2) is 29.6 Å². The fraction of sp³-hybridized carbons (Fsp3) is 0.412. The second kappa shape index (κ2) is 7.19. The summed E-state index contributed by atoms with van der Waals surface area (Å²) < 4.78 is 13.7. The first kappa shape index (κ1) is 17.6. The molecule has 0 radical (unpaired) electrons. The zero-order valence-electron chi connectivity index (χ0n) is 13.7. The van der Waals surface area contributed by atoms with Gasteiger partial charge in [-0.3, -0.25) is 4.79 Å².